The third-order valence-corrected chi connectivity index (χ3v) is 4.31. The first-order chi connectivity index (χ1) is 9.60. The minimum Gasteiger partial charge on any atom is -0.486 e. The maximum absolute atomic E-state index is 5.79. The van der Waals surface area contributed by atoms with E-state index in [1.807, 2.05) is 24.3 Å². The van der Waals surface area contributed by atoms with E-state index in [-0.39, 0.29) is 0 Å². The first kappa shape index (κ1) is 15.1. The number of furan rings is 1. The van der Waals surface area contributed by atoms with E-state index in [4.69, 9.17) is 9.15 Å². The lowest BCUT2D eigenvalue weighted by Gasteiger charge is -2.09. The van der Waals surface area contributed by atoms with Crippen molar-refractivity contribution in [3.05, 3.63) is 51.4 Å². The molecule has 0 bridgehead atoms. The number of halogens is 1. The normalized spacial score (nSPS) is 10.8. The quantitative estimate of drug-likeness (QED) is 0.850. The van der Waals surface area contributed by atoms with E-state index in [9.17, 15) is 0 Å². The summed E-state index contributed by atoms with van der Waals surface area (Å²) < 4.78 is 12.6. The molecule has 2 rings (SSSR count). The average Bonchev–Trinajstić information content (AvgIpc) is 2.88. The van der Waals surface area contributed by atoms with Crippen molar-refractivity contribution >= 4 is 15.9 Å². The Labute approximate surface area is 128 Å². The fraction of sp³-hybridized carbons (Fsp3) is 0.375. The third kappa shape index (κ3) is 3.87. The maximum atomic E-state index is 5.79. The molecule has 1 aromatic carbocycles. The summed E-state index contributed by atoms with van der Waals surface area (Å²) in [7, 11) is 0. The standard InChI is InChI=1S/C16H20BrNO2/c1-4-18-9-13-5-6-14(20-13)10-19-15-7-11(2)16(17)12(3)8-15/h5-8,18H,4,9-10H2,1-3H3. The summed E-state index contributed by atoms with van der Waals surface area (Å²) in [5, 5.41) is 3.23. The highest BCUT2D eigenvalue weighted by Crippen LogP contribution is 2.26. The third-order valence-electron chi connectivity index (χ3n) is 3.06. The Hall–Kier alpha value is -1.26. The first-order valence-corrected chi connectivity index (χ1v) is 7.57. The van der Waals surface area contributed by atoms with Crippen LogP contribution in [0.25, 0.3) is 0 Å². The summed E-state index contributed by atoms with van der Waals surface area (Å²) in [4.78, 5) is 0. The van der Waals surface area contributed by atoms with Gasteiger partial charge in [0.25, 0.3) is 0 Å². The van der Waals surface area contributed by atoms with Crippen molar-refractivity contribution in [3.8, 4) is 5.75 Å². The second-order valence-corrected chi connectivity index (χ2v) is 5.60. The van der Waals surface area contributed by atoms with Crippen LogP contribution in [-0.4, -0.2) is 6.54 Å². The number of hydrogen-bond acceptors (Lipinski definition) is 3. The Morgan fingerprint density at radius 1 is 1.15 bits per heavy atom. The summed E-state index contributed by atoms with van der Waals surface area (Å²) in [5.74, 6) is 2.65. The van der Waals surface area contributed by atoms with Crippen LogP contribution in [0, 0.1) is 13.8 Å². The van der Waals surface area contributed by atoms with Gasteiger partial charge in [-0.25, -0.2) is 0 Å². The van der Waals surface area contributed by atoms with Crippen molar-refractivity contribution in [1.82, 2.24) is 5.32 Å². The van der Waals surface area contributed by atoms with Crippen molar-refractivity contribution in [1.29, 1.82) is 0 Å². The Bertz CT molecular complexity index is 555. The molecule has 2 aromatic rings. The molecule has 0 aliphatic rings. The SMILES string of the molecule is CCNCc1ccc(COc2cc(C)c(Br)c(C)c2)o1. The number of nitrogens with one attached hydrogen (secondary N) is 1. The molecule has 0 atom stereocenters. The topological polar surface area (TPSA) is 34.4 Å². The zero-order valence-electron chi connectivity index (χ0n) is 12.1. The number of aryl methyl sites for hydroxylation is 2. The van der Waals surface area contributed by atoms with Crippen molar-refractivity contribution in [3.63, 3.8) is 0 Å². The molecule has 0 aliphatic heterocycles. The first-order valence-electron chi connectivity index (χ1n) is 6.78. The fourth-order valence-corrected chi connectivity index (χ4v) is 2.22. The van der Waals surface area contributed by atoms with Crippen molar-refractivity contribution < 1.29 is 9.15 Å². The predicted octanol–water partition coefficient (Wildman–Crippen LogP) is 4.35. The number of rotatable bonds is 6. The summed E-state index contributed by atoms with van der Waals surface area (Å²) >= 11 is 3.56. The second kappa shape index (κ2) is 6.95. The predicted molar refractivity (Wildman–Crippen MR) is 84.0 cm³/mol. The van der Waals surface area contributed by atoms with Crippen LogP contribution in [0.2, 0.25) is 0 Å². The molecule has 0 fully saturated rings. The van der Waals surface area contributed by atoms with Gasteiger partial charge >= 0.3 is 0 Å². The number of ether oxygens (including phenoxy) is 1. The minimum absolute atomic E-state index is 0.451. The molecule has 3 nitrogen and oxygen atoms in total. The molecule has 0 spiro atoms. The van der Waals surface area contributed by atoms with E-state index in [1.54, 1.807) is 0 Å². The largest absolute Gasteiger partial charge is 0.486 e. The van der Waals surface area contributed by atoms with E-state index in [0.717, 1.165) is 34.8 Å². The zero-order chi connectivity index (χ0) is 14.5. The summed E-state index contributed by atoms with van der Waals surface area (Å²) in [6.45, 7) is 8.34. The summed E-state index contributed by atoms with van der Waals surface area (Å²) in [5.41, 5.74) is 2.35. The molecule has 0 saturated carbocycles. The molecule has 0 aliphatic carbocycles. The van der Waals surface area contributed by atoms with Gasteiger partial charge < -0.3 is 14.5 Å². The van der Waals surface area contributed by atoms with Crippen LogP contribution in [-0.2, 0) is 13.2 Å². The molecule has 4 heteroatoms. The molecule has 0 saturated heterocycles. The highest BCUT2D eigenvalue weighted by Gasteiger charge is 2.06. The fourth-order valence-electron chi connectivity index (χ4n) is 1.99. The lowest BCUT2D eigenvalue weighted by Crippen LogP contribution is -2.10. The highest BCUT2D eigenvalue weighted by molar-refractivity contribution is 9.10. The van der Waals surface area contributed by atoms with Crippen molar-refractivity contribution in [2.75, 3.05) is 6.54 Å². The van der Waals surface area contributed by atoms with E-state index < -0.39 is 0 Å². The molecule has 0 amide bonds. The molecule has 108 valence electrons. The number of hydrogen-bond donors (Lipinski definition) is 1. The monoisotopic (exact) mass is 337 g/mol. The van der Waals surface area contributed by atoms with Crippen LogP contribution in [0.15, 0.2) is 33.2 Å². The van der Waals surface area contributed by atoms with Gasteiger partial charge in [0, 0.05) is 4.47 Å². The maximum Gasteiger partial charge on any atom is 0.146 e. The van der Waals surface area contributed by atoms with Gasteiger partial charge in [-0.05, 0) is 55.8 Å². The van der Waals surface area contributed by atoms with Gasteiger partial charge in [-0.3, -0.25) is 0 Å². The van der Waals surface area contributed by atoms with Crippen LogP contribution in [0.4, 0.5) is 0 Å². The van der Waals surface area contributed by atoms with Gasteiger partial charge in [-0.1, -0.05) is 22.9 Å². The van der Waals surface area contributed by atoms with Gasteiger partial charge in [-0.15, -0.1) is 0 Å². The Morgan fingerprint density at radius 2 is 1.80 bits per heavy atom. The summed E-state index contributed by atoms with van der Waals surface area (Å²) in [6.07, 6.45) is 0. The van der Waals surface area contributed by atoms with Crippen LogP contribution in [0.3, 0.4) is 0 Å². The summed E-state index contributed by atoms with van der Waals surface area (Å²) in [6, 6.07) is 8.00. The van der Waals surface area contributed by atoms with E-state index in [1.165, 1.54) is 11.1 Å². The van der Waals surface area contributed by atoms with Gasteiger partial charge in [0.15, 0.2) is 0 Å². The Balaban J connectivity index is 1.96. The highest BCUT2D eigenvalue weighted by atomic mass is 79.9. The van der Waals surface area contributed by atoms with E-state index >= 15 is 0 Å². The van der Waals surface area contributed by atoms with E-state index in [2.05, 4.69) is 42.0 Å². The second-order valence-electron chi connectivity index (χ2n) is 4.81. The molecule has 0 unspecified atom stereocenters. The molecule has 1 N–H and O–H groups in total. The molecule has 1 heterocycles. The van der Waals surface area contributed by atoms with Gasteiger partial charge in [0.2, 0.25) is 0 Å². The van der Waals surface area contributed by atoms with Crippen LogP contribution in [0.1, 0.15) is 29.6 Å². The molecular weight excluding hydrogens is 318 g/mol. The van der Waals surface area contributed by atoms with Crippen LogP contribution >= 0.6 is 15.9 Å². The van der Waals surface area contributed by atoms with Crippen molar-refractivity contribution in [2.45, 2.75) is 33.9 Å². The van der Waals surface area contributed by atoms with Gasteiger partial charge in [-0.2, -0.15) is 0 Å². The molecular formula is C16H20BrNO2. The molecule has 20 heavy (non-hydrogen) atoms. The smallest absolute Gasteiger partial charge is 0.146 e. The minimum atomic E-state index is 0.451. The van der Waals surface area contributed by atoms with Crippen molar-refractivity contribution in [2.24, 2.45) is 0 Å². The van der Waals surface area contributed by atoms with Gasteiger partial charge in [0.05, 0.1) is 6.54 Å². The van der Waals surface area contributed by atoms with Crippen LogP contribution < -0.4 is 10.1 Å². The lowest BCUT2D eigenvalue weighted by molar-refractivity contribution is 0.265. The molecule has 0 radical (unpaired) electrons. The Kier molecular flexibility index (Phi) is 5.26. The molecule has 1 aromatic heterocycles. The lowest BCUT2D eigenvalue weighted by atomic mass is 10.1. The Morgan fingerprint density at radius 3 is 2.45 bits per heavy atom. The average molecular weight is 338 g/mol. The van der Waals surface area contributed by atoms with E-state index in [0.29, 0.717) is 6.61 Å². The van der Waals surface area contributed by atoms with Crippen LogP contribution in [0.5, 0.6) is 5.75 Å². The zero-order valence-corrected chi connectivity index (χ0v) is 13.7. The number of benzene rings is 1. The van der Waals surface area contributed by atoms with Gasteiger partial charge in [0.1, 0.15) is 23.9 Å².